The lowest BCUT2D eigenvalue weighted by atomic mass is 10.3. The first-order chi connectivity index (χ1) is 8.60. The van der Waals surface area contributed by atoms with E-state index in [9.17, 15) is 0 Å². The topological polar surface area (TPSA) is 29.9 Å². The molecule has 0 amide bonds. The molecule has 3 nitrogen and oxygen atoms in total. The van der Waals surface area contributed by atoms with Gasteiger partial charge in [-0.05, 0) is 38.8 Å². The highest BCUT2D eigenvalue weighted by Crippen LogP contribution is 2.22. The first-order valence-electron chi connectivity index (χ1n) is 6.43. The van der Waals surface area contributed by atoms with Crippen LogP contribution in [0.2, 0.25) is 0 Å². The Balaban J connectivity index is 2.17. The van der Waals surface area contributed by atoms with Gasteiger partial charge in [0.05, 0.1) is 12.2 Å². The molecule has 0 saturated heterocycles. The van der Waals surface area contributed by atoms with E-state index in [0.29, 0.717) is 0 Å². The molecule has 0 spiro atoms. The van der Waals surface area contributed by atoms with Crippen molar-refractivity contribution in [3.8, 4) is 0 Å². The summed E-state index contributed by atoms with van der Waals surface area (Å²) in [5.74, 6) is 0.984. The van der Waals surface area contributed by atoms with Gasteiger partial charge in [-0.25, -0.2) is 4.98 Å². The molecule has 0 bridgehead atoms. The van der Waals surface area contributed by atoms with E-state index in [4.69, 9.17) is 0 Å². The molecule has 2 heterocycles. The van der Waals surface area contributed by atoms with Crippen LogP contribution >= 0.6 is 11.3 Å². The lowest BCUT2D eigenvalue weighted by Crippen LogP contribution is -2.08. The maximum atomic E-state index is 4.53. The van der Waals surface area contributed by atoms with Gasteiger partial charge >= 0.3 is 0 Å². The molecule has 0 aliphatic rings. The van der Waals surface area contributed by atoms with Gasteiger partial charge in [0, 0.05) is 22.5 Å². The lowest BCUT2D eigenvalue weighted by Gasteiger charge is -2.07. The molecule has 0 unspecified atom stereocenters. The highest BCUT2D eigenvalue weighted by atomic mass is 32.1. The fourth-order valence-corrected chi connectivity index (χ4v) is 2.99. The van der Waals surface area contributed by atoms with Crippen LogP contribution in [0.5, 0.6) is 0 Å². The molecule has 0 radical (unpaired) electrons. The van der Waals surface area contributed by atoms with E-state index in [0.717, 1.165) is 31.2 Å². The summed E-state index contributed by atoms with van der Waals surface area (Å²) in [6, 6.07) is 2.28. The van der Waals surface area contributed by atoms with Gasteiger partial charge in [-0.3, -0.25) is 0 Å². The molecule has 0 aliphatic heterocycles. The second-order valence-electron chi connectivity index (χ2n) is 4.71. The summed E-state index contributed by atoms with van der Waals surface area (Å²) in [6.07, 6.45) is 3.23. The van der Waals surface area contributed by atoms with Gasteiger partial charge in [0.1, 0.15) is 0 Å². The Kier molecular flexibility index (Phi) is 4.07. The number of thiophene rings is 1. The van der Waals surface area contributed by atoms with Gasteiger partial charge in [0.15, 0.2) is 0 Å². The number of aryl methyl sites for hydroxylation is 3. The van der Waals surface area contributed by atoms with Crippen LogP contribution < -0.4 is 5.32 Å². The number of nitrogens with one attached hydrogen (secondary N) is 1. The van der Waals surface area contributed by atoms with E-state index < -0.39 is 0 Å². The van der Waals surface area contributed by atoms with Crippen molar-refractivity contribution >= 4 is 17.3 Å². The number of imidazole rings is 1. The quantitative estimate of drug-likeness (QED) is 0.890. The predicted molar refractivity (Wildman–Crippen MR) is 78.6 cm³/mol. The van der Waals surface area contributed by atoms with Crippen LogP contribution in [-0.2, 0) is 6.54 Å². The Labute approximate surface area is 113 Å². The summed E-state index contributed by atoms with van der Waals surface area (Å²) >= 11 is 1.87. The standard InChI is InChI=1S/C14H21N3S/c1-5-6-15-14-16-11(3)8-17(14)9-13-7-10(2)12(4)18-13/h7-8H,5-6,9H2,1-4H3,(H,15,16). The normalized spacial score (nSPS) is 10.9. The van der Waals surface area contributed by atoms with Crippen molar-refractivity contribution in [1.29, 1.82) is 0 Å². The molecule has 2 aromatic rings. The molecule has 2 aromatic heterocycles. The third-order valence-corrected chi connectivity index (χ3v) is 4.11. The van der Waals surface area contributed by atoms with Crippen LogP contribution in [0.15, 0.2) is 12.3 Å². The van der Waals surface area contributed by atoms with E-state index in [-0.39, 0.29) is 0 Å². The molecule has 0 atom stereocenters. The Morgan fingerprint density at radius 1 is 1.33 bits per heavy atom. The zero-order valence-corrected chi connectivity index (χ0v) is 12.4. The molecule has 4 heteroatoms. The Bertz CT molecular complexity index is 506. The minimum Gasteiger partial charge on any atom is -0.356 e. The van der Waals surface area contributed by atoms with Crippen molar-refractivity contribution in [2.24, 2.45) is 0 Å². The van der Waals surface area contributed by atoms with Gasteiger partial charge in [-0.1, -0.05) is 6.92 Å². The molecule has 0 saturated carbocycles. The van der Waals surface area contributed by atoms with E-state index in [1.54, 1.807) is 0 Å². The third-order valence-electron chi connectivity index (χ3n) is 2.97. The first-order valence-corrected chi connectivity index (χ1v) is 7.25. The number of hydrogen-bond acceptors (Lipinski definition) is 3. The van der Waals surface area contributed by atoms with Crippen LogP contribution in [0, 0.1) is 20.8 Å². The average molecular weight is 263 g/mol. The van der Waals surface area contributed by atoms with Gasteiger partial charge in [-0.2, -0.15) is 0 Å². The molecule has 2 rings (SSSR count). The summed E-state index contributed by atoms with van der Waals surface area (Å²) in [6.45, 7) is 10.4. The van der Waals surface area contributed by atoms with E-state index in [2.05, 4.69) is 47.9 Å². The van der Waals surface area contributed by atoms with Gasteiger partial charge in [0.25, 0.3) is 0 Å². The zero-order valence-electron chi connectivity index (χ0n) is 11.6. The fraction of sp³-hybridized carbons (Fsp3) is 0.500. The zero-order chi connectivity index (χ0) is 13.1. The fourth-order valence-electron chi connectivity index (χ4n) is 1.94. The SMILES string of the molecule is CCCNc1nc(C)cn1Cc1cc(C)c(C)s1. The van der Waals surface area contributed by atoms with Crippen molar-refractivity contribution in [3.63, 3.8) is 0 Å². The number of hydrogen-bond donors (Lipinski definition) is 1. The summed E-state index contributed by atoms with van der Waals surface area (Å²) < 4.78 is 2.20. The number of nitrogens with zero attached hydrogens (tertiary/aromatic N) is 2. The molecule has 0 aliphatic carbocycles. The molecular weight excluding hydrogens is 242 g/mol. The minimum atomic E-state index is 0.909. The minimum absolute atomic E-state index is 0.909. The summed E-state index contributed by atoms with van der Waals surface area (Å²) in [5.41, 5.74) is 2.45. The third kappa shape index (κ3) is 2.93. The number of anilines is 1. The lowest BCUT2D eigenvalue weighted by molar-refractivity contribution is 0.803. The number of aromatic nitrogens is 2. The highest BCUT2D eigenvalue weighted by Gasteiger charge is 2.08. The van der Waals surface area contributed by atoms with E-state index in [1.165, 1.54) is 15.3 Å². The Hall–Kier alpha value is -1.29. The monoisotopic (exact) mass is 263 g/mol. The van der Waals surface area contributed by atoms with Crippen molar-refractivity contribution in [3.05, 3.63) is 33.3 Å². The van der Waals surface area contributed by atoms with Crippen LogP contribution in [0.25, 0.3) is 0 Å². The van der Waals surface area contributed by atoms with Gasteiger partial charge in [-0.15, -0.1) is 11.3 Å². The second kappa shape index (κ2) is 5.57. The summed E-state index contributed by atoms with van der Waals surface area (Å²) in [7, 11) is 0. The Morgan fingerprint density at radius 2 is 2.11 bits per heavy atom. The molecule has 0 fully saturated rings. The van der Waals surface area contributed by atoms with Crippen LogP contribution in [0.3, 0.4) is 0 Å². The van der Waals surface area contributed by atoms with Crippen LogP contribution in [-0.4, -0.2) is 16.1 Å². The molecule has 98 valence electrons. The number of rotatable bonds is 5. The van der Waals surface area contributed by atoms with Crippen molar-refractivity contribution in [2.75, 3.05) is 11.9 Å². The largest absolute Gasteiger partial charge is 0.356 e. The maximum Gasteiger partial charge on any atom is 0.203 e. The van der Waals surface area contributed by atoms with Crippen LogP contribution in [0.4, 0.5) is 5.95 Å². The van der Waals surface area contributed by atoms with E-state index >= 15 is 0 Å². The van der Waals surface area contributed by atoms with Crippen LogP contribution in [0.1, 0.15) is 34.4 Å². The smallest absolute Gasteiger partial charge is 0.203 e. The second-order valence-corrected chi connectivity index (χ2v) is 6.05. The highest BCUT2D eigenvalue weighted by molar-refractivity contribution is 7.12. The van der Waals surface area contributed by atoms with E-state index in [1.807, 2.05) is 18.3 Å². The Morgan fingerprint density at radius 3 is 2.72 bits per heavy atom. The predicted octanol–water partition coefficient (Wildman–Crippen LogP) is 3.74. The average Bonchev–Trinajstić information content (AvgIpc) is 2.80. The first kappa shape index (κ1) is 13.1. The van der Waals surface area contributed by atoms with Crippen molar-refractivity contribution in [1.82, 2.24) is 9.55 Å². The summed E-state index contributed by atoms with van der Waals surface area (Å²) in [5, 5.41) is 3.38. The molecule has 1 N–H and O–H groups in total. The molecule has 18 heavy (non-hydrogen) atoms. The van der Waals surface area contributed by atoms with Crippen molar-refractivity contribution < 1.29 is 0 Å². The maximum absolute atomic E-state index is 4.53. The van der Waals surface area contributed by atoms with Gasteiger partial charge < -0.3 is 9.88 Å². The molecule has 0 aromatic carbocycles. The van der Waals surface area contributed by atoms with Gasteiger partial charge in [0.2, 0.25) is 5.95 Å². The summed E-state index contributed by atoms with van der Waals surface area (Å²) in [4.78, 5) is 7.33. The van der Waals surface area contributed by atoms with Crippen molar-refractivity contribution in [2.45, 2.75) is 40.7 Å². The molecular formula is C14H21N3S.